The minimum atomic E-state index is -0.385. The molecular formula is C14H22BrNO2. The van der Waals surface area contributed by atoms with Crippen LogP contribution in [0, 0.1) is 0 Å². The summed E-state index contributed by atoms with van der Waals surface area (Å²) >= 11 is 3.45. The SMILES string of the molecule is COc1ccc(CC(O)CNC(C)(C)C)cc1Br. The van der Waals surface area contributed by atoms with Gasteiger partial charge >= 0.3 is 0 Å². The van der Waals surface area contributed by atoms with Gasteiger partial charge in [-0.05, 0) is 60.8 Å². The second-order valence-corrected chi connectivity index (χ2v) is 6.31. The van der Waals surface area contributed by atoms with Crippen molar-refractivity contribution in [3.8, 4) is 5.75 Å². The van der Waals surface area contributed by atoms with Crippen LogP contribution in [0.4, 0.5) is 0 Å². The lowest BCUT2D eigenvalue weighted by atomic mass is 10.1. The predicted octanol–water partition coefficient (Wildman–Crippen LogP) is 2.75. The first-order chi connectivity index (χ1) is 8.31. The molecule has 0 bridgehead atoms. The molecule has 1 rings (SSSR count). The van der Waals surface area contributed by atoms with Gasteiger partial charge in [0.15, 0.2) is 0 Å². The number of benzene rings is 1. The highest BCUT2D eigenvalue weighted by Gasteiger charge is 2.13. The second-order valence-electron chi connectivity index (χ2n) is 5.46. The first kappa shape index (κ1) is 15.5. The van der Waals surface area contributed by atoms with E-state index in [0.29, 0.717) is 13.0 Å². The van der Waals surface area contributed by atoms with E-state index in [9.17, 15) is 5.11 Å². The molecule has 3 nitrogen and oxygen atoms in total. The first-order valence-corrected chi connectivity index (χ1v) is 6.86. The van der Waals surface area contributed by atoms with Crippen molar-refractivity contribution in [3.05, 3.63) is 28.2 Å². The van der Waals surface area contributed by atoms with Gasteiger partial charge in [-0.15, -0.1) is 0 Å². The van der Waals surface area contributed by atoms with Gasteiger partial charge in [-0.2, -0.15) is 0 Å². The molecule has 1 aromatic rings. The number of hydrogen-bond donors (Lipinski definition) is 2. The highest BCUT2D eigenvalue weighted by atomic mass is 79.9. The fourth-order valence-corrected chi connectivity index (χ4v) is 2.19. The van der Waals surface area contributed by atoms with E-state index in [2.05, 4.69) is 42.0 Å². The third kappa shape index (κ3) is 5.38. The summed E-state index contributed by atoms with van der Waals surface area (Å²) in [5.74, 6) is 0.807. The zero-order chi connectivity index (χ0) is 13.8. The van der Waals surface area contributed by atoms with Crippen LogP contribution in [-0.2, 0) is 6.42 Å². The molecule has 102 valence electrons. The quantitative estimate of drug-likeness (QED) is 0.878. The average Bonchev–Trinajstić information content (AvgIpc) is 2.26. The van der Waals surface area contributed by atoms with Crippen molar-refractivity contribution in [2.75, 3.05) is 13.7 Å². The third-order valence-corrected chi connectivity index (χ3v) is 3.18. The Morgan fingerprint density at radius 2 is 2.06 bits per heavy atom. The number of rotatable bonds is 5. The molecule has 0 heterocycles. The Balaban J connectivity index is 2.54. The Labute approximate surface area is 118 Å². The maximum Gasteiger partial charge on any atom is 0.133 e. The molecule has 2 N–H and O–H groups in total. The Morgan fingerprint density at radius 1 is 1.39 bits per heavy atom. The van der Waals surface area contributed by atoms with Crippen LogP contribution < -0.4 is 10.1 Å². The van der Waals surface area contributed by atoms with Crippen LogP contribution in [0.3, 0.4) is 0 Å². The molecule has 0 amide bonds. The van der Waals surface area contributed by atoms with Crippen molar-refractivity contribution in [2.24, 2.45) is 0 Å². The van der Waals surface area contributed by atoms with Gasteiger partial charge in [-0.1, -0.05) is 6.07 Å². The number of aliphatic hydroxyl groups is 1. The molecule has 0 radical (unpaired) electrons. The van der Waals surface area contributed by atoms with Crippen molar-refractivity contribution in [3.63, 3.8) is 0 Å². The number of aliphatic hydroxyl groups excluding tert-OH is 1. The molecule has 1 atom stereocenters. The van der Waals surface area contributed by atoms with Crippen LogP contribution in [0.25, 0.3) is 0 Å². The minimum Gasteiger partial charge on any atom is -0.496 e. The Hall–Kier alpha value is -0.580. The van der Waals surface area contributed by atoms with E-state index in [4.69, 9.17) is 4.74 Å². The zero-order valence-electron chi connectivity index (χ0n) is 11.5. The largest absolute Gasteiger partial charge is 0.496 e. The van der Waals surface area contributed by atoms with E-state index in [1.165, 1.54) is 0 Å². The summed E-state index contributed by atoms with van der Waals surface area (Å²) in [7, 11) is 1.64. The molecule has 0 spiro atoms. The monoisotopic (exact) mass is 315 g/mol. The Bertz CT molecular complexity index is 388. The van der Waals surface area contributed by atoms with E-state index in [-0.39, 0.29) is 11.6 Å². The van der Waals surface area contributed by atoms with Crippen LogP contribution >= 0.6 is 15.9 Å². The molecule has 0 aromatic heterocycles. The van der Waals surface area contributed by atoms with Gasteiger partial charge in [-0.25, -0.2) is 0 Å². The summed E-state index contributed by atoms with van der Waals surface area (Å²) in [4.78, 5) is 0. The highest BCUT2D eigenvalue weighted by molar-refractivity contribution is 9.10. The molecule has 1 aromatic carbocycles. The normalized spacial score (nSPS) is 13.4. The fourth-order valence-electron chi connectivity index (χ4n) is 1.61. The molecule has 0 aliphatic heterocycles. The second kappa shape index (κ2) is 6.55. The highest BCUT2D eigenvalue weighted by Crippen LogP contribution is 2.25. The predicted molar refractivity (Wildman–Crippen MR) is 78.2 cm³/mol. The van der Waals surface area contributed by atoms with E-state index in [1.54, 1.807) is 7.11 Å². The van der Waals surface area contributed by atoms with E-state index < -0.39 is 0 Å². The summed E-state index contributed by atoms with van der Waals surface area (Å²) < 4.78 is 6.09. The fraction of sp³-hybridized carbons (Fsp3) is 0.571. The molecular weight excluding hydrogens is 294 g/mol. The molecule has 0 saturated heterocycles. The van der Waals surface area contributed by atoms with Gasteiger partial charge in [0, 0.05) is 12.1 Å². The maximum atomic E-state index is 9.97. The van der Waals surface area contributed by atoms with Crippen LogP contribution in [0.5, 0.6) is 5.75 Å². The van der Waals surface area contributed by atoms with Crippen molar-refractivity contribution in [1.82, 2.24) is 5.32 Å². The molecule has 1 unspecified atom stereocenters. The van der Waals surface area contributed by atoms with E-state index in [0.717, 1.165) is 15.8 Å². The zero-order valence-corrected chi connectivity index (χ0v) is 13.0. The molecule has 18 heavy (non-hydrogen) atoms. The third-order valence-electron chi connectivity index (χ3n) is 2.56. The smallest absolute Gasteiger partial charge is 0.133 e. The number of hydrogen-bond acceptors (Lipinski definition) is 3. The molecule has 0 fully saturated rings. The summed E-state index contributed by atoms with van der Waals surface area (Å²) in [5, 5.41) is 13.3. The van der Waals surface area contributed by atoms with E-state index in [1.807, 2.05) is 18.2 Å². The number of β-amino-alcohol motifs (C(OH)–C–C–N with tert-alkyl or cyclic N) is 1. The summed E-state index contributed by atoms with van der Waals surface area (Å²) in [6, 6.07) is 5.87. The summed E-state index contributed by atoms with van der Waals surface area (Å²) in [5.41, 5.74) is 1.12. The maximum absolute atomic E-state index is 9.97. The number of ether oxygens (including phenoxy) is 1. The van der Waals surface area contributed by atoms with Crippen molar-refractivity contribution < 1.29 is 9.84 Å². The lowest BCUT2D eigenvalue weighted by Gasteiger charge is -2.23. The van der Waals surface area contributed by atoms with Gasteiger partial charge in [0.25, 0.3) is 0 Å². The van der Waals surface area contributed by atoms with Crippen LogP contribution in [-0.4, -0.2) is 30.4 Å². The van der Waals surface area contributed by atoms with Crippen LogP contribution in [0.15, 0.2) is 22.7 Å². The van der Waals surface area contributed by atoms with E-state index >= 15 is 0 Å². The average molecular weight is 316 g/mol. The van der Waals surface area contributed by atoms with Crippen LogP contribution in [0.2, 0.25) is 0 Å². The minimum absolute atomic E-state index is 0.0292. The lowest BCUT2D eigenvalue weighted by molar-refractivity contribution is 0.161. The Morgan fingerprint density at radius 3 is 2.56 bits per heavy atom. The van der Waals surface area contributed by atoms with Crippen molar-refractivity contribution >= 4 is 15.9 Å². The number of halogens is 1. The summed E-state index contributed by atoms with van der Waals surface area (Å²) in [6.07, 6.45) is 0.246. The topological polar surface area (TPSA) is 41.5 Å². The van der Waals surface area contributed by atoms with Crippen molar-refractivity contribution in [2.45, 2.75) is 38.8 Å². The lowest BCUT2D eigenvalue weighted by Crippen LogP contribution is -2.41. The van der Waals surface area contributed by atoms with Gasteiger partial charge in [0.1, 0.15) is 5.75 Å². The Kier molecular flexibility index (Phi) is 5.63. The molecule has 0 aliphatic rings. The first-order valence-electron chi connectivity index (χ1n) is 6.07. The van der Waals surface area contributed by atoms with Gasteiger partial charge < -0.3 is 15.2 Å². The molecule has 0 saturated carbocycles. The number of methoxy groups -OCH3 is 1. The van der Waals surface area contributed by atoms with Gasteiger partial charge in [0.2, 0.25) is 0 Å². The van der Waals surface area contributed by atoms with Gasteiger partial charge in [0.05, 0.1) is 17.7 Å². The number of nitrogens with one attached hydrogen (secondary N) is 1. The molecule has 4 heteroatoms. The van der Waals surface area contributed by atoms with Crippen molar-refractivity contribution in [1.29, 1.82) is 0 Å². The summed E-state index contributed by atoms with van der Waals surface area (Å²) in [6.45, 7) is 6.85. The standard InChI is InChI=1S/C14H22BrNO2/c1-14(2,3)16-9-11(17)7-10-5-6-13(18-4)12(15)8-10/h5-6,8,11,16-17H,7,9H2,1-4H3. The van der Waals surface area contributed by atoms with Gasteiger partial charge in [-0.3, -0.25) is 0 Å². The van der Waals surface area contributed by atoms with Crippen LogP contribution in [0.1, 0.15) is 26.3 Å². The molecule has 0 aliphatic carbocycles.